The Bertz CT molecular complexity index is 1780. The Balaban J connectivity index is 1.16. The summed E-state index contributed by atoms with van der Waals surface area (Å²) in [5.41, 5.74) is 7.56. The molecule has 1 aliphatic heterocycles. The first kappa shape index (κ1) is 35.1. The summed E-state index contributed by atoms with van der Waals surface area (Å²) in [6.45, 7) is -0.0351. The van der Waals surface area contributed by atoms with Gasteiger partial charge in [0.1, 0.15) is 5.69 Å². The van der Waals surface area contributed by atoms with Gasteiger partial charge in [-0.2, -0.15) is 0 Å². The van der Waals surface area contributed by atoms with Gasteiger partial charge in [0.15, 0.2) is 12.1 Å². The molecule has 0 saturated carbocycles. The number of aromatic nitrogens is 1. The van der Waals surface area contributed by atoms with E-state index in [1.165, 1.54) is 11.8 Å². The Labute approximate surface area is 294 Å². The highest BCUT2D eigenvalue weighted by atomic mass is 32.2. The Morgan fingerprint density at radius 3 is 2.08 bits per heavy atom. The molecule has 2 amide bonds. The lowest BCUT2D eigenvalue weighted by atomic mass is 10.0. The second-order valence-corrected chi connectivity index (χ2v) is 12.9. The summed E-state index contributed by atoms with van der Waals surface area (Å²) >= 11 is 1.50. The van der Waals surface area contributed by atoms with Gasteiger partial charge in [-0.15, -0.1) is 0 Å². The number of hydroxylamine groups is 1. The quantitative estimate of drug-likeness (QED) is 0.0396. The minimum absolute atomic E-state index is 0.0351. The number of carbonyl (C=O) groups is 2. The van der Waals surface area contributed by atoms with Crippen LogP contribution in [-0.4, -0.2) is 39.0 Å². The number of aliphatic hydroxyl groups is 1. The van der Waals surface area contributed by atoms with Crippen LogP contribution in [0, 0.1) is 0 Å². The van der Waals surface area contributed by atoms with Crippen molar-refractivity contribution in [3.05, 3.63) is 126 Å². The first-order chi connectivity index (χ1) is 24.5. The van der Waals surface area contributed by atoms with Gasteiger partial charge in [-0.1, -0.05) is 109 Å². The van der Waals surface area contributed by atoms with Crippen LogP contribution in [-0.2, 0) is 25.7 Å². The third-order valence-electron chi connectivity index (χ3n) is 8.35. The maximum absolute atomic E-state index is 12.4. The molecular formula is C39H39N3O7S. The van der Waals surface area contributed by atoms with Crippen LogP contribution >= 0.6 is 11.8 Å². The summed E-state index contributed by atoms with van der Waals surface area (Å²) in [5, 5.41) is 21.6. The zero-order valence-electron chi connectivity index (χ0n) is 27.4. The number of rotatable bonds is 14. The predicted octanol–water partition coefficient (Wildman–Crippen LogP) is 7.84. The fourth-order valence-corrected chi connectivity index (χ4v) is 6.54. The molecule has 1 saturated heterocycles. The average Bonchev–Trinajstić information content (AvgIpc) is 3.61. The van der Waals surface area contributed by atoms with Gasteiger partial charge in [0.05, 0.1) is 18.8 Å². The zero-order chi connectivity index (χ0) is 34.7. The molecule has 4 aromatic carbocycles. The second kappa shape index (κ2) is 17.2. The SMILES string of the molecule is O=C(CCCCC(=O)Nc1ccc([C@H]2O[C@@H](CSc3nc(-c4ccccc4)c(-c4ccccc4)o3)C[C@@H](c3ccc(CO)cc3)O2)cc1)NO. The van der Waals surface area contributed by atoms with E-state index >= 15 is 0 Å². The third-order valence-corrected chi connectivity index (χ3v) is 9.31. The number of thioether (sulfide) groups is 1. The summed E-state index contributed by atoms with van der Waals surface area (Å²) in [5.74, 6) is 0.661. The molecule has 6 rings (SSSR count). The molecule has 1 fully saturated rings. The van der Waals surface area contributed by atoms with E-state index in [0.29, 0.717) is 41.7 Å². The summed E-state index contributed by atoms with van der Waals surface area (Å²) < 4.78 is 19.4. The predicted molar refractivity (Wildman–Crippen MR) is 190 cm³/mol. The smallest absolute Gasteiger partial charge is 0.256 e. The minimum Gasteiger partial charge on any atom is -0.431 e. The van der Waals surface area contributed by atoms with Gasteiger partial charge < -0.3 is 24.3 Å². The summed E-state index contributed by atoms with van der Waals surface area (Å²) in [6.07, 6.45) is 0.914. The van der Waals surface area contributed by atoms with Crippen LogP contribution in [0.15, 0.2) is 119 Å². The molecule has 1 aliphatic rings. The molecule has 50 heavy (non-hydrogen) atoms. The van der Waals surface area contributed by atoms with Crippen LogP contribution in [0.1, 0.15) is 61.2 Å². The third kappa shape index (κ3) is 9.26. The molecule has 258 valence electrons. The number of amides is 2. The van der Waals surface area contributed by atoms with E-state index in [1.54, 1.807) is 5.48 Å². The van der Waals surface area contributed by atoms with Gasteiger partial charge >= 0.3 is 0 Å². The number of nitrogens with zero attached hydrogens (tertiary/aromatic N) is 1. The number of carbonyl (C=O) groups excluding carboxylic acids is 2. The van der Waals surface area contributed by atoms with Gasteiger partial charge in [0.2, 0.25) is 11.8 Å². The summed E-state index contributed by atoms with van der Waals surface area (Å²) in [4.78, 5) is 28.5. The standard InChI is InChI=1S/C39H39N3O7S/c43-24-26-15-17-27(18-16-26)33-23-32(25-50-39-41-36(28-9-3-1-4-10-28)37(49-39)29-11-5-2-6-12-29)47-38(48-33)30-19-21-31(22-20-30)40-34(44)13-7-8-14-35(45)42-46/h1-6,9-12,15-22,32-33,38,43,46H,7-8,13-14,23-25H2,(H,40,44)(H,42,45)/t32-,33+,38+/m1/s1. The monoisotopic (exact) mass is 693 g/mol. The van der Waals surface area contributed by atoms with Crippen molar-refractivity contribution < 1.29 is 33.8 Å². The topological polar surface area (TPSA) is 143 Å². The number of anilines is 1. The molecule has 0 aliphatic carbocycles. The number of oxazole rings is 1. The highest BCUT2D eigenvalue weighted by molar-refractivity contribution is 7.99. The number of unbranched alkanes of at least 4 members (excludes halogenated alkanes) is 1. The van der Waals surface area contributed by atoms with Crippen molar-refractivity contribution in [3.8, 4) is 22.6 Å². The Morgan fingerprint density at radius 1 is 0.780 bits per heavy atom. The van der Waals surface area contributed by atoms with E-state index < -0.39 is 12.2 Å². The Morgan fingerprint density at radius 2 is 1.42 bits per heavy atom. The highest BCUT2D eigenvalue weighted by Crippen LogP contribution is 2.41. The summed E-state index contributed by atoms with van der Waals surface area (Å²) in [6, 6.07) is 35.1. The van der Waals surface area contributed by atoms with Crippen molar-refractivity contribution in [1.29, 1.82) is 0 Å². The molecule has 10 nitrogen and oxygen atoms in total. The maximum Gasteiger partial charge on any atom is 0.256 e. The number of hydrogen-bond donors (Lipinski definition) is 4. The lowest BCUT2D eigenvalue weighted by Gasteiger charge is -2.36. The van der Waals surface area contributed by atoms with Crippen LogP contribution < -0.4 is 10.8 Å². The largest absolute Gasteiger partial charge is 0.431 e. The van der Waals surface area contributed by atoms with Crippen LogP contribution in [0.2, 0.25) is 0 Å². The number of hydrogen-bond acceptors (Lipinski definition) is 9. The molecular weight excluding hydrogens is 655 g/mol. The Kier molecular flexibility index (Phi) is 12.1. The number of ether oxygens (including phenoxy) is 2. The van der Waals surface area contributed by atoms with E-state index in [0.717, 1.165) is 33.5 Å². The molecule has 5 aromatic rings. The second-order valence-electron chi connectivity index (χ2n) is 12.0. The van der Waals surface area contributed by atoms with Crippen LogP contribution in [0.4, 0.5) is 5.69 Å². The van der Waals surface area contributed by atoms with Crippen LogP contribution in [0.5, 0.6) is 0 Å². The fourth-order valence-electron chi connectivity index (χ4n) is 5.70. The Hall–Kier alpha value is -4.78. The van der Waals surface area contributed by atoms with E-state index in [-0.39, 0.29) is 37.6 Å². The van der Waals surface area contributed by atoms with Crippen molar-refractivity contribution in [2.45, 2.75) is 62.4 Å². The van der Waals surface area contributed by atoms with Crippen molar-refractivity contribution in [1.82, 2.24) is 10.5 Å². The molecule has 0 radical (unpaired) electrons. The minimum atomic E-state index is -0.663. The number of aliphatic hydroxyl groups excluding tert-OH is 1. The molecule has 11 heteroatoms. The van der Waals surface area contributed by atoms with Crippen molar-refractivity contribution in [3.63, 3.8) is 0 Å². The van der Waals surface area contributed by atoms with Crippen molar-refractivity contribution >= 4 is 29.3 Å². The molecule has 1 aromatic heterocycles. The molecule has 0 spiro atoms. The molecule has 4 N–H and O–H groups in total. The van der Waals surface area contributed by atoms with Gasteiger partial charge in [0.25, 0.3) is 5.22 Å². The first-order valence-corrected chi connectivity index (χ1v) is 17.6. The molecule has 0 bridgehead atoms. The lowest BCUT2D eigenvalue weighted by Crippen LogP contribution is -2.31. The van der Waals surface area contributed by atoms with E-state index in [9.17, 15) is 14.7 Å². The average molecular weight is 694 g/mol. The summed E-state index contributed by atoms with van der Waals surface area (Å²) in [7, 11) is 0. The van der Waals surface area contributed by atoms with Crippen molar-refractivity contribution in [2.24, 2.45) is 0 Å². The first-order valence-electron chi connectivity index (χ1n) is 16.6. The molecule has 0 unspecified atom stereocenters. The van der Waals surface area contributed by atoms with Gasteiger partial charge in [-0.25, -0.2) is 10.5 Å². The van der Waals surface area contributed by atoms with Crippen LogP contribution in [0.3, 0.4) is 0 Å². The zero-order valence-corrected chi connectivity index (χ0v) is 28.2. The number of benzene rings is 4. The van der Waals surface area contributed by atoms with Crippen LogP contribution in [0.25, 0.3) is 22.6 Å². The molecule has 2 heterocycles. The van der Waals surface area contributed by atoms with Gasteiger partial charge in [0, 0.05) is 47.4 Å². The lowest BCUT2D eigenvalue weighted by molar-refractivity contribution is -0.245. The van der Waals surface area contributed by atoms with Gasteiger partial charge in [-0.3, -0.25) is 14.8 Å². The molecule has 3 atom stereocenters. The highest BCUT2D eigenvalue weighted by Gasteiger charge is 2.33. The maximum atomic E-state index is 12.4. The normalized spacial score (nSPS) is 17.3. The fraction of sp³-hybridized carbons (Fsp3) is 0.256. The van der Waals surface area contributed by atoms with E-state index in [1.807, 2.05) is 109 Å². The van der Waals surface area contributed by atoms with Gasteiger partial charge in [-0.05, 0) is 36.1 Å². The number of nitrogens with one attached hydrogen (secondary N) is 2. The van der Waals surface area contributed by atoms with Crippen molar-refractivity contribution in [2.75, 3.05) is 11.1 Å². The van der Waals surface area contributed by atoms with E-state index in [2.05, 4.69) is 5.32 Å². The van der Waals surface area contributed by atoms with E-state index in [4.69, 9.17) is 24.1 Å².